The third-order valence-electron chi connectivity index (χ3n) is 1.55. The summed E-state index contributed by atoms with van der Waals surface area (Å²) in [4.78, 5) is 0. The molecule has 15 heavy (non-hydrogen) atoms. The molecule has 0 spiro atoms. The standard InChI is InChI=1S/C11H14O3S/c1-10(2)14-15(12,13)9-8-11-6-4-3-5-7-11/h3-10H,1-2H3. The highest BCUT2D eigenvalue weighted by Crippen LogP contribution is 2.06. The van der Waals surface area contributed by atoms with E-state index in [9.17, 15) is 8.42 Å². The summed E-state index contributed by atoms with van der Waals surface area (Å²) in [5.74, 6) is 0. The van der Waals surface area contributed by atoms with Gasteiger partial charge >= 0.3 is 0 Å². The maximum Gasteiger partial charge on any atom is 0.290 e. The summed E-state index contributed by atoms with van der Waals surface area (Å²) >= 11 is 0. The zero-order valence-corrected chi connectivity index (χ0v) is 9.57. The van der Waals surface area contributed by atoms with Gasteiger partial charge in [0.25, 0.3) is 10.1 Å². The van der Waals surface area contributed by atoms with Gasteiger partial charge in [-0.1, -0.05) is 30.3 Å². The van der Waals surface area contributed by atoms with E-state index in [2.05, 4.69) is 0 Å². The van der Waals surface area contributed by atoms with E-state index in [1.54, 1.807) is 13.8 Å². The number of rotatable bonds is 4. The Balaban J connectivity index is 2.74. The van der Waals surface area contributed by atoms with Crippen molar-refractivity contribution in [2.75, 3.05) is 0 Å². The summed E-state index contributed by atoms with van der Waals surface area (Å²) < 4.78 is 27.4. The van der Waals surface area contributed by atoms with Crippen molar-refractivity contribution in [1.82, 2.24) is 0 Å². The van der Waals surface area contributed by atoms with E-state index in [0.717, 1.165) is 11.0 Å². The summed E-state index contributed by atoms with van der Waals surface area (Å²) in [6.07, 6.45) is 1.17. The van der Waals surface area contributed by atoms with Crippen LogP contribution in [0, 0.1) is 0 Å². The second-order valence-electron chi connectivity index (χ2n) is 3.35. The van der Waals surface area contributed by atoms with Gasteiger partial charge in [-0.15, -0.1) is 0 Å². The molecule has 0 heterocycles. The van der Waals surface area contributed by atoms with E-state index in [1.165, 1.54) is 6.08 Å². The van der Waals surface area contributed by atoms with Gasteiger partial charge in [-0.25, -0.2) is 0 Å². The van der Waals surface area contributed by atoms with E-state index in [0.29, 0.717) is 0 Å². The molecule has 0 aliphatic carbocycles. The second-order valence-corrected chi connectivity index (χ2v) is 4.80. The van der Waals surface area contributed by atoms with Crippen molar-refractivity contribution in [3.63, 3.8) is 0 Å². The molecule has 4 heteroatoms. The van der Waals surface area contributed by atoms with Crippen molar-refractivity contribution >= 4 is 16.2 Å². The van der Waals surface area contributed by atoms with Crippen LogP contribution in [0.5, 0.6) is 0 Å². The van der Waals surface area contributed by atoms with Crippen LogP contribution in [0.1, 0.15) is 19.4 Å². The minimum absolute atomic E-state index is 0.338. The topological polar surface area (TPSA) is 43.4 Å². The Morgan fingerprint density at radius 1 is 1.20 bits per heavy atom. The van der Waals surface area contributed by atoms with E-state index in [-0.39, 0.29) is 6.10 Å². The monoisotopic (exact) mass is 226 g/mol. The van der Waals surface area contributed by atoms with Crippen LogP contribution in [0.4, 0.5) is 0 Å². The molecular formula is C11H14O3S. The quantitative estimate of drug-likeness (QED) is 0.740. The van der Waals surface area contributed by atoms with Crippen LogP contribution in [0.2, 0.25) is 0 Å². The highest BCUT2D eigenvalue weighted by molar-refractivity contribution is 7.89. The first kappa shape index (κ1) is 11.9. The Bertz CT molecular complexity index is 418. The molecule has 0 amide bonds. The normalized spacial score (nSPS) is 12.5. The number of hydrogen-bond donors (Lipinski definition) is 0. The fourth-order valence-electron chi connectivity index (χ4n) is 1.03. The molecule has 0 aromatic heterocycles. The molecule has 3 nitrogen and oxygen atoms in total. The minimum Gasteiger partial charge on any atom is -0.264 e. The summed E-state index contributed by atoms with van der Waals surface area (Å²) in [5, 5.41) is 1.07. The fraction of sp³-hybridized carbons (Fsp3) is 0.273. The van der Waals surface area contributed by atoms with Crippen LogP contribution in [-0.2, 0) is 14.3 Å². The minimum atomic E-state index is -3.56. The first-order chi connectivity index (χ1) is 6.99. The average Bonchev–Trinajstić information content (AvgIpc) is 2.15. The molecule has 0 N–H and O–H groups in total. The lowest BCUT2D eigenvalue weighted by Crippen LogP contribution is -2.08. The van der Waals surface area contributed by atoms with Gasteiger partial charge in [0, 0.05) is 0 Å². The fourth-order valence-corrected chi connectivity index (χ4v) is 1.95. The van der Waals surface area contributed by atoms with E-state index in [4.69, 9.17) is 4.18 Å². The Hall–Kier alpha value is -1.13. The number of benzene rings is 1. The van der Waals surface area contributed by atoms with E-state index < -0.39 is 10.1 Å². The molecule has 0 aliphatic rings. The Morgan fingerprint density at radius 3 is 2.33 bits per heavy atom. The molecule has 1 aromatic rings. The van der Waals surface area contributed by atoms with Gasteiger partial charge in [-0.3, -0.25) is 4.18 Å². The van der Waals surface area contributed by atoms with Crippen molar-refractivity contribution in [3.05, 3.63) is 41.3 Å². The molecule has 1 rings (SSSR count). The maximum absolute atomic E-state index is 11.3. The molecule has 0 atom stereocenters. The van der Waals surface area contributed by atoms with Gasteiger partial charge in [-0.2, -0.15) is 8.42 Å². The molecule has 0 bridgehead atoms. The molecule has 0 unspecified atom stereocenters. The average molecular weight is 226 g/mol. The Kier molecular flexibility index (Phi) is 4.05. The summed E-state index contributed by atoms with van der Waals surface area (Å²) in [6, 6.07) is 9.20. The van der Waals surface area contributed by atoms with Crippen molar-refractivity contribution in [2.24, 2.45) is 0 Å². The molecule has 1 aromatic carbocycles. The third kappa shape index (κ3) is 4.76. The molecule has 0 aliphatic heterocycles. The maximum atomic E-state index is 11.3. The molecule has 0 saturated carbocycles. The molecular weight excluding hydrogens is 212 g/mol. The zero-order valence-electron chi connectivity index (χ0n) is 8.75. The van der Waals surface area contributed by atoms with Crippen LogP contribution in [0.25, 0.3) is 6.08 Å². The molecule has 0 fully saturated rings. The lowest BCUT2D eigenvalue weighted by Gasteiger charge is -2.03. The summed E-state index contributed by atoms with van der Waals surface area (Å²) in [7, 11) is -3.56. The van der Waals surface area contributed by atoms with Crippen LogP contribution in [0.3, 0.4) is 0 Å². The van der Waals surface area contributed by atoms with Gasteiger partial charge in [0.2, 0.25) is 0 Å². The lowest BCUT2D eigenvalue weighted by molar-refractivity contribution is 0.253. The van der Waals surface area contributed by atoms with E-state index >= 15 is 0 Å². The lowest BCUT2D eigenvalue weighted by atomic mass is 10.2. The van der Waals surface area contributed by atoms with Gasteiger partial charge < -0.3 is 0 Å². The van der Waals surface area contributed by atoms with Gasteiger partial charge in [-0.05, 0) is 25.5 Å². The second kappa shape index (κ2) is 5.09. The third-order valence-corrected chi connectivity index (χ3v) is 2.68. The van der Waals surface area contributed by atoms with Crippen LogP contribution >= 0.6 is 0 Å². The smallest absolute Gasteiger partial charge is 0.264 e. The van der Waals surface area contributed by atoms with Crippen molar-refractivity contribution in [1.29, 1.82) is 0 Å². The first-order valence-corrected chi connectivity index (χ1v) is 6.13. The predicted octanol–water partition coefficient (Wildman–Crippen LogP) is 2.41. The van der Waals surface area contributed by atoms with Crippen LogP contribution < -0.4 is 0 Å². The van der Waals surface area contributed by atoms with Gasteiger partial charge in [0.1, 0.15) is 0 Å². The SMILES string of the molecule is CC(C)OS(=O)(=O)C=Cc1ccccc1. The molecule has 0 radical (unpaired) electrons. The molecule has 82 valence electrons. The summed E-state index contributed by atoms with van der Waals surface area (Å²) in [6.45, 7) is 3.35. The van der Waals surface area contributed by atoms with Crippen molar-refractivity contribution in [3.8, 4) is 0 Å². The largest absolute Gasteiger partial charge is 0.290 e. The van der Waals surface area contributed by atoms with Crippen LogP contribution in [-0.4, -0.2) is 14.5 Å². The number of hydrogen-bond acceptors (Lipinski definition) is 3. The van der Waals surface area contributed by atoms with Gasteiger partial charge in [0.15, 0.2) is 0 Å². The highest BCUT2D eigenvalue weighted by Gasteiger charge is 2.07. The van der Waals surface area contributed by atoms with E-state index in [1.807, 2.05) is 30.3 Å². The predicted molar refractivity (Wildman–Crippen MR) is 60.6 cm³/mol. The van der Waals surface area contributed by atoms with Crippen molar-refractivity contribution < 1.29 is 12.6 Å². The first-order valence-electron chi connectivity index (χ1n) is 4.66. The Morgan fingerprint density at radius 2 is 1.80 bits per heavy atom. The van der Waals surface area contributed by atoms with Crippen molar-refractivity contribution in [2.45, 2.75) is 20.0 Å². The van der Waals surface area contributed by atoms with Crippen LogP contribution in [0.15, 0.2) is 35.7 Å². The van der Waals surface area contributed by atoms with Gasteiger partial charge in [0.05, 0.1) is 11.5 Å². The zero-order chi connectivity index (χ0) is 11.3. The Labute approximate surface area is 90.5 Å². The summed E-state index contributed by atoms with van der Waals surface area (Å²) in [5.41, 5.74) is 0.827. The molecule has 0 saturated heterocycles. The highest BCUT2D eigenvalue weighted by atomic mass is 32.2.